The lowest BCUT2D eigenvalue weighted by atomic mass is 10.2. The molecule has 1 aliphatic heterocycles. The molecule has 0 bridgehead atoms. The molecule has 0 saturated carbocycles. The minimum absolute atomic E-state index is 0.0378. The molecule has 1 aromatic rings. The Labute approximate surface area is 104 Å². The van der Waals surface area contributed by atoms with Gasteiger partial charge in [0, 0.05) is 31.3 Å². The second-order valence-electron chi connectivity index (χ2n) is 3.91. The van der Waals surface area contributed by atoms with Gasteiger partial charge in [-0.25, -0.2) is 0 Å². The SMILES string of the molecule is CN(C1=CCC(=O)CO1)c1ccc([N+](=O)[O-])cc1. The zero-order valence-electron chi connectivity index (χ0n) is 9.83. The molecule has 0 unspecified atom stereocenters. The maximum Gasteiger partial charge on any atom is 0.269 e. The quantitative estimate of drug-likeness (QED) is 0.603. The Morgan fingerprint density at radius 1 is 1.33 bits per heavy atom. The molecule has 18 heavy (non-hydrogen) atoms. The maximum absolute atomic E-state index is 11.0. The number of nitro benzene ring substituents is 1. The zero-order valence-corrected chi connectivity index (χ0v) is 9.83. The lowest BCUT2D eigenvalue weighted by molar-refractivity contribution is -0.384. The molecule has 1 heterocycles. The van der Waals surface area contributed by atoms with E-state index in [0.29, 0.717) is 12.3 Å². The molecule has 0 aromatic heterocycles. The van der Waals surface area contributed by atoms with Crippen molar-refractivity contribution in [1.29, 1.82) is 0 Å². The molecular weight excluding hydrogens is 236 g/mol. The number of nitrogens with zero attached hydrogens (tertiary/aromatic N) is 2. The first kappa shape index (κ1) is 12.1. The average molecular weight is 248 g/mol. The molecule has 1 aliphatic rings. The largest absolute Gasteiger partial charge is 0.471 e. The molecule has 6 heteroatoms. The van der Waals surface area contributed by atoms with E-state index in [1.54, 1.807) is 30.2 Å². The van der Waals surface area contributed by atoms with Gasteiger partial charge in [0.05, 0.1) is 4.92 Å². The Bertz CT molecular complexity index is 507. The number of carbonyl (C=O) groups excluding carboxylic acids is 1. The van der Waals surface area contributed by atoms with E-state index in [1.807, 2.05) is 0 Å². The molecule has 6 nitrogen and oxygen atoms in total. The fourth-order valence-corrected chi connectivity index (χ4v) is 1.63. The van der Waals surface area contributed by atoms with Gasteiger partial charge in [-0.2, -0.15) is 0 Å². The van der Waals surface area contributed by atoms with Gasteiger partial charge in [0.1, 0.15) is 6.61 Å². The predicted octanol–water partition coefficient (Wildman–Crippen LogP) is 1.86. The second kappa shape index (κ2) is 4.87. The summed E-state index contributed by atoms with van der Waals surface area (Å²) in [5, 5.41) is 10.5. The standard InChI is InChI=1S/C12H12N2O4/c1-13(12-7-6-11(15)8-18-12)9-2-4-10(5-3-9)14(16)17/h2-5,7H,6,8H2,1H3. The number of hydrogen-bond donors (Lipinski definition) is 0. The molecule has 0 saturated heterocycles. The Kier molecular flexibility index (Phi) is 3.27. The van der Waals surface area contributed by atoms with Crippen molar-refractivity contribution < 1.29 is 14.5 Å². The molecule has 0 radical (unpaired) electrons. The number of rotatable bonds is 3. The number of allylic oxidation sites excluding steroid dienone is 1. The highest BCUT2D eigenvalue weighted by Gasteiger charge is 2.16. The summed E-state index contributed by atoms with van der Waals surface area (Å²) >= 11 is 0. The molecule has 0 fully saturated rings. The van der Waals surface area contributed by atoms with Crippen molar-refractivity contribution in [2.75, 3.05) is 18.6 Å². The molecule has 0 spiro atoms. The van der Waals surface area contributed by atoms with Crippen molar-refractivity contribution in [3.63, 3.8) is 0 Å². The van der Waals surface area contributed by atoms with Crippen LogP contribution in [0, 0.1) is 10.1 Å². The third kappa shape index (κ3) is 2.48. The van der Waals surface area contributed by atoms with E-state index in [4.69, 9.17) is 4.74 Å². The number of hydrogen-bond acceptors (Lipinski definition) is 5. The van der Waals surface area contributed by atoms with Crippen LogP contribution in [0.5, 0.6) is 0 Å². The first-order valence-corrected chi connectivity index (χ1v) is 5.41. The van der Waals surface area contributed by atoms with Gasteiger partial charge in [0.15, 0.2) is 11.7 Å². The number of carbonyl (C=O) groups is 1. The van der Waals surface area contributed by atoms with Crippen molar-refractivity contribution in [1.82, 2.24) is 0 Å². The number of nitro groups is 1. The van der Waals surface area contributed by atoms with Crippen molar-refractivity contribution >= 4 is 17.2 Å². The zero-order chi connectivity index (χ0) is 13.1. The summed E-state index contributed by atoms with van der Waals surface area (Å²) in [7, 11) is 1.78. The lowest BCUT2D eigenvalue weighted by Gasteiger charge is -2.24. The number of Topliss-reactive ketones (excluding diaryl/α,β-unsaturated/α-hetero) is 1. The Balaban J connectivity index is 2.16. The third-order valence-electron chi connectivity index (χ3n) is 2.66. The first-order chi connectivity index (χ1) is 8.58. The van der Waals surface area contributed by atoms with E-state index in [2.05, 4.69) is 0 Å². The van der Waals surface area contributed by atoms with E-state index in [9.17, 15) is 14.9 Å². The monoisotopic (exact) mass is 248 g/mol. The highest BCUT2D eigenvalue weighted by atomic mass is 16.6. The van der Waals surface area contributed by atoms with Crippen molar-refractivity contribution in [2.45, 2.75) is 6.42 Å². The number of benzene rings is 1. The fraction of sp³-hybridized carbons (Fsp3) is 0.250. The van der Waals surface area contributed by atoms with Gasteiger partial charge in [0.25, 0.3) is 5.69 Å². The summed E-state index contributed by atoms with van der Waals surface area (Å²) in [6.07, 6.45) is 2.06. The third-order valence-corrected chi connectivity index (χ3v) is 2.66. The molecule has 0 amide bonds. The molecule has 0 atom stereocenters. The Morgan fingerprint density at radius 3 is 2.50 bits per heavy atom. The van der Waals surface area contributed by atoms with Crippen molar-refractivity contribution in [3.05, 3.63) is 46.3 Å². The van der Waals surface area contributed by atoms with E-state index < -0.39 is 4.92 Å². The van der Waals surface area contributed by atoms with E-state index >= 15 is 0 Å². The molecule has 1 aromatic carbocycles. The molecule has 2 rings (SSSR count). The summed E-state index contributed by atoms with van der Waals surface area (Å²) in [4.78, 5) is 22.9. The van der Waals surface area contributed by atoms with E-state index in [-0.39, 0.29) is 18.1 Å². The number of ether oxygens (including phenoxy) is 1. The van der Waals surface area contributed by atoms with Crippen LogP contribution in [-0.4, -0.2) is 24.4 Å². The van der Waals surface area contributed by atoms with Crippen LogP contribution in [-0.2, 0) is 9.53 Å². The van der Waals surface area contributed by atoms with Crippen molar-refractivity contribution in [2.24, 2.45) is 0 Å². The average Bonchev–Trinajstić information content (AvgIpc) is 2.39. The summed E-state index contributed by atoms with van der Waals surface area (Å²) in [5.41, 5.74) is 0.807. The summed E-state index contributed by atoms with van der Waals surface area (Å²) in [6, 6.07) is 6.14. The first-order valence-electron chi connectivity index (χ1n) is 5.41. The van der Waals surface area contributed by atoms with Gasteiger partial charge in [0.2, 0.25) is 0 Å². The summed E-state index contributed by atoms with van der Waals surface area (Å²) in [5.74, 6) is 0.624. The molecule has 94 valence electrons. The van der Waals surface area contributed by atoms with Gasteiger partial charge < -0.3 is 9.64 Å². The maximum atomic E-state index is 11.0. The number of anilines is 1. The van der Waals surface area contributed by atoms with E-state index in [0.717, 1.165) is 5.69 Å². The summed E-state index contributed by atoms with van der Waals surface area (Å²) in [6.45, 7) is 0.0726. The van der Waals surface area contributed by atoms with Crippen LogP contribution in [0.25, 0.3) is 0 Å². The minimum atomic E-state index is -0.446. The van der Waals surface area contributed by atoms with Crippen LogP contribution in [0.3, 0.4) is 0 Å². The van der Waals surface area contributed by atoms with Crippen LogP contribution < -0.4 is 4.90 Å². The van der Waals surface area contributed by atoms with Gasteiger partial charge in [-0.1, -0.05) is 0 Å². The van der Waals surface area contributed by atoms with Crippen LogP contribution >= 0.6 is 0 Å². The lowest BCUT2D eigenvalue weighted by Crippen LogP contribution is -2.24. The van der Waals surface area contributed by atoms with Crippen molar-refractivity contribution in [3.8, 4) is 0 Å². The fourth-order valence-electron chi connectivity index (χ4n) is 1.63. The highest BCUT2D eigenvalue weighted by Crippen LogP contribution is 2.23. The van der Waals surface area contributed by atoms with Gasteiger partial charge in [-0.05, 0) is 18.2 Å². The normalized spacial score (nSPS) is 14.7. The minimum Gasteiger partial charge on any atom is -0.471 e. The Morgan fingerprint density at radius 2 is 2.00 bits per heavy atom. The Hall–Kier alpha value is -2.37. The van der Waals surface area contributed by atoms with E-state index in [1.165, 1.54) is 12.1 Å². The van der Waals surface area contributed by atoms with Crippen LogP contribution in [0.4, 0.5) is 11.4 Å². The molecule has 0 N–H and O–H groups in total. The molecule has 0 aliphatic carbocycles. The van der Waals surface area contributed by atoms with Gasteiger partial charge in [-0.15, -0.1) is 0 Å². The van der Waals surface area contributed by atoms with Crippen LogP contribution in [0.2, 0.25) is 0 Å². The van der Waals surface area contributed by atoms with Gasteiger partial charge in [-0.3, -0.25) is 14.9 Å². The number of ketones is 1. The predicted molar refractivity (Wildman–Crippen MR) is 65.2 cm³/mol. The smallest absolute Gasteiger partial charge is 0.269 e. The summed E-state index contributed by atoms with van der Waals surface area (Å²) < 4.78 is 5.29. The highest BCUT2D eigenvalue weighted by molar-refractivity contribution is 5.82. The molecular formula is C12H12N2O4. The van der Waals surface area contributed by atoms with Gasteiger partial charge >= 0.3 is 0 Å². The topological polar surface area (TPSA) is 72.7 Å². The second-order valence-corrected chi connectivity index (χ2v) is 3.91. The number of non-ortho nitro benzene ring substituents is 1. The van der Waals surface area contributed by atoms with Crippen LogP contribution in [0.15, 0.2) is 36.2 Å². The van der Waals surface area contributed by atoms with Crippen LogP contribution in [0.1, 0.15) is 6.42 Å².